The summed E-state index contributed by atoms with van der Waals surface area (Å²) in [5.41, 5.74) is 0.247. The molecule has 0 bridgehead atoms. The fourth-order valence-corrected chi connectivity index (χ4v) is 5.14. The highest BCUT2D eigenvalue weighted by Gasteiger charge is 2.46. The van der Waals surface area contributed by atoms with Crippen molar-refractivity contribution in [2.45, 2.75) is 65.0 Å². The lowest BCUT2D eigenvalue weighted by Crippen LogP contribution is -2.50. The van der Waals surface area contributed by atoms with Crippen molar-refractivity contribution >= 4 is 8.80 Å². The van der Waals surface area contributed by atoms with Crippen LogP contribution in [-0.4, -0.2) is 54.5 Å². The van der Waals surface area contributed by atoms with Crippen molar-refractivity contribution in [1.29, 1.82) is 0 Å². The second kappa shape index (κ2) is 11.5. The van der Waals surface area contributed by atoms with Crippen molar-refractivity contribution in [2.75, 3.05) is 39.6 Å². The van der Waals surface area contributed by atoms with Crippen LogP contribution in [0, 0.1) is 0 Å². The minimum absolute atomic E-state index is 0.247. The molecule has 0 aromatic rings. The Balaban J connectivity index is 2.51. The van der Waals surface area contributed by atoms with Gasteiger partial charge in [-0.2, -0.15) is 0 Å². The number of ether oxygens (including phenoxy) is 2. The molecule has 0 aliphatic carbocycles. The fourth-order valence-electron chi connectivity index (χ4n) is 2.10. The summed E-state index contributed by atoms with van der Waals surface area (Å²) in [4.78, 5) is 0. The standard InChI is InChI=1S/C16H34O5Si/c1-5-9-19-22(20-10-6-2,21-11-7-3)15(4)8-12-17-13-16-14-18-16/h15-16H,5-14H2,1-4H3. The Morgan fingerprint density at radius 3 is 1.86 bits per heavy atom. The first-order valence-corrected chi connectivity index (χ1v) is 10.6. The van der Waals surface area contributed by atoms with E-state index in [1.807, 2.05) is 0 Å². The van der Waals surface area contributed by atoms with Gasteiger partial charge in [0, 0.05) is 32.0 Å². The lowest BCUT2D eigenvalue weighted by molar-refractivity contribution is 0.0439. The van der Waals surface area contributed by atoms with Crippen LogP contribution in [0.25, 0.3) is 0 Å². The van der Waals surface area contributed by atoms with E-state index < -0.39 is 8.80 Å². The van der Waals surface area contributed by atoms with Crippen LogP contribution in [0.3, 0.4) is 0 Å². The first-order chi connectivity index (χ1) is 10.7. The van der Waals surface area contributed by atoms with Gasteiger partial charge in [0.15, 0.2) is 0 Å². The lowest BCUT2D eigenvalue weighted by atomic mass is 10.3. The molecule has 0 aromatic heterocycles. The monoisotopic (exact) mass is 334 g/mol. The van der Waals surface area contributed by atoms with Crippen LogP contribution in [0.1, 0.15) is 53.4 Å². The molecule has 6 heteroatoms. The van der Waals surface area contributed by atoms with Crippen LogP contribution in [0.5, 0.6) is 0 Å². The predicted octanol–water partition coefficient (Wildman–Crippen LogP) is 3.40. The summed E-state index contributed by atoms with van der Waals surface area (Å²) >= 11 is 0. The zero-order valence-corrected chi connectivity index (χ0v) is 15.8. The first-order valence-electron chi connectivity index (χ1n) is 8.79. The molecule has 132 valence electrons. The van der Waals surface area contributed by atoms with Crippen LogP contribution < -0.4 is 0 Å². The average Bonchev–Trinajstić information content (AvgIpc) is 3.35. The number of rotatable bonds is 15. The molecule has 1 saturated heterocycles. The maximum Gasteiger partial charge on any atom is 0.504 e. The van der Waals surface area contributed by atoms with Gasteiger partial charge in [0.25, 0.3) is 0 Å². The second-order valence-electron chi connectivity index (χ2n) is 5.87. The van der Waals surface area contributed by atoms with E-state index in [0.717, 1.165) is 32.3 Å². The molecule has 2 atom stereocenters. The summed E-state index contributed by atoms with van der Waals surface area (Å²) in [7, 11) is -2.63. The zero-order chi connectivity index (χ0) is 16.3. The first kappa shape index (κ1) is 20.1. The van der Waals surface area contributed by atoms with E-state index in [0.29, 0.717) is 39.1 Å². The highest BCUT2D eigenvalue weighted by molar-refractivity contribution is 6.62. The third-order valence-corrected chi connectivity index (χ3v) is 6.84. The van der Waals surface area contributed by atoms with Crippen molar-refractivity contribution < 1.29 is 22.8 Å². The average molecular weight is 335 g/mol. The summed E-state index contributed by atoms with van der Waals surface area (Å²) in [5, 5.41) is 0. The van der Waals surface area contributed by atoms with E-state index in [-0.39, 0.29) is 5.54 Å². The van der Waals surface area contributed by atoms with Gasteiger partial charge in [0.2, 0.25) is 0 Å². The smallest absolute Gasteiger partial charge is 0.379 e. The Morgan fingerprint density at radius 1 is 0.955 bits per heavy atom. The molecule has 0 spiro atoms. The van der Waals surface area contributed by atoms with Crippen LogP contribution in [0.2, 0.25) is 5.54 Å². The molecule has 0 saturated carbocycles. The topological polar surface area (TPSA) is 49.5 Å². The van der Waals surface area contributed by atoms with E-state index in [1.165, 1.54) is 0 Å². The predicted molar refractivity (Wildman–Crippen MR) is 89.1 cm³/mol. The third-order valence-electron chi connectivity index (χ3n) is 3.53. The SMILES string of the molecule is CCCO[Si](OCCC)(OCCC)C(C)CCOCC1CO1. The summed E-state index contributed by atoms with van der Waals surface area (Å²) < 4.78 is 29.3. The van der Waals surface area contributed by atoms with Crippen LogP contribution in [-0.2, 0) is 22.8 Å². The molecule has 1 aliphatic rings. The second-order valence-corrected chi connectivity index (χ2v) is 8.93. The van der Waals surface area contributed by atoms with Gasteiger partial charge in [-0.15, -0.1) is 0 Å². The summed E-state index contributed by atoms with van der Waals surface area (Å²) in [6.45, 7) is 12.8. The minimum Gasteiger partial charge on any atom is -0.379 e. The molecular weight excluding hydrogens is 300 g/mol. The van der Waals surface area contributed by atoms with Crippen LogP contribution in [0.4, 0.5) is 0 Å². The fraction of sp³-hybridized carbons (Fsp3) is 1.00. The molecule has 5 nitrogen and oxygen atoms in total. The van der Waals surface area contributed by atoms with E-state index in [2.05, 4.69) is 27.7 Å². The van der Waals surface area contributed by atoms with Gasteiger partial charge in [0.1, 0.15) is 6.10 Å². The molecule has 0 aromatic carbocycles. The molecule has 0 radical (unpaired) electrons. The maximum atomic E-state index is 6.15. The van der Waals surface area contributed by atoms with Gasteiger partial charge in [-0.3, -0.25) is 0 Å². The zero-order valence-electron chi connectivity index (χ0n) is 14.8. The molecule has 1 fully saturated rings. The molecule has 22 heavy (non-hydrogen) atoms. The number of hydrogen-bond acceptors (Lipinski definition) is 5. The quantitative estimate of drug-likeness (QED) is 0.261. The molecule has 1 aliphatic heterocycles. The molecule has 1 rings (SSSR count). The maximum absolute atomic E-state index is 6.15. The van der Waals surface area contributed by atoms with Gasteiger partial charge in [-0.1, -0.05) is 27.7 Å². The van der Waals surface area contributed by atoms with Gasteiger partial charge in [-0.25, -0.2) is 0 Å². The molecule has 0 N–H and O–H groups in total. The normalized spacial score (nSPS) is 19.4. The summed E-state index contributed by atoms with van der Waals surface area (Å²) in [6.07, 6.45) is 4.14. The van der Waals surface area contributed by atoms with Gasteiger partial charge < -0.3 is 22.8 Å². The Labute approximate surface area is 137 Å². The van der Waals surface area contributed by atoms with Gasteiger partial charge >= 0.3 is 8.80 Å². The number of epoxide rings is 1. The Hall–Kier alpha value is 0.0169. The Bertz CT molecular complexity index is 251. The van der Waals surface area contributed by atoms with Crippen LogP contribution in [0.15, 0.2) is 0 Å². The molecule has 2 unspecified atom stereocenters. The lowest BCUT2D eigenvalue weighted by Gasteiger charge is -2.34. The van der Waals surface area contributed by atoms with Gasteiger partial charge in [-0.05, 0) is 25.7 Å². The highest BCUT2D eigenvalue weighted by atomic mass is 28.4. The third kappa shape index (κ3) is 7.52. The van der Waals surface area contributed by atoms with E-state index >= 15 is 0 Å². The number of hydrogen-bond donors (Lipinski definition) is 0. The van der Waals surface area contributed by atoms with E-state index in [4.69, 9.17) is 22.8 Å². The van der Waals surface area contributed by atoms with Crippen molar-refractivity contribution in [3.8, 4) is 0 Å². The minimum atomic E-state index is -2.63. The summed E-state index contributed by atoms with van der Waals surface area (Å²) in [6, 6.07) is 0. The molecular formula is C16H34O5Si. The van der Waals surface area contributed by atoms with Crippen LogP contribution >= 0.6 is 0 Å². The summed E-state index contributed by atoms with van der Waals surface area (Å²) in [5.74, 6) is 0. The highest BCUT2D eigenvalue weighted by Crippen LogP contribution is 2.29. The Morgan fingerprint density at radius 2 is 1.45 bits per heavy atom. The van der Waals surface area contributed by atoms with Crippen molar-refractivity contribution in [2.24, 2.45) is 0 Å². The largest absolute Gasteiger partial charge is 0.504 e. The Kier molecular flexibility index (Phi) is 10.5. The van der Waals surface area contributed by atoms with E-state index in [9.17, 15) is 0 Å². The molecule has 0 amide bonds. The van der Waals surface area contributed by atoms with Crippen molar-refractivity contribution in [1.82, 2.24) is 0 Å². The molecule has 1 heterocycles. The van der Waals surface area contributed by atoms with E-state index in [1.54, 1.807) is 0 Å². The van der Waals surface area contributed by atoms with Crippen molar-refractivity contribution in [3.05, 3.63) is 0 Å². The van der Waals surface area contributed by atoms with Gasteiger partial charge in [0.05, 0.1) is 13.2 Å². The van der Waals surface area contributed by atoms with Crippen molar-refractivity contribution in [3.63, 3.8) is 0 Å².